The van der Waals surface area contributed by atoms with Crippen molar-refractivity contribution in [2.75, 3.05) is 6.54 Å². The molecule has 2 aliphatic rings. The van der Waals surface area contributed by atoms with E-state index in [2.05, 4.69) is 17.1 Å². The van der Waals surface area contributed by atoms with Crippen molar-refractivity contribution in [2.24, 2.45) is 0 Å². The maximum atomic E-state index is 12.7. The first-order valence-electron chi connectivity index (χ1n) is 8.18. The van der Waals surface area contributed by atoms with Gasteiger partial charge < -0.3 is 9.64 Å². The minimum absolute atomic E-state index is 0. The standard InChI is InChI=1S/C19H20N2O2.ClH/c1-12(2)23-14-5-6-15-13(10-14)7-9-21-18(15)11-17-16(19(21)22)4-3-8-20-17;/h3-6,8,10,12,18H,7,9,11H2,1-2H3;1H. The number of benzene rings is 1. The Bertz CT molecular complexity index is 776. The average Bonchev–Trinajstić information content (AvgIpc) is 2.54. The molecule has 24 heavy (non-hydrogen) atoms. The molecule has 0 saturated heterocycles. The third-order valence-corrected chi connectivity index (χ3v) is 4.61. The number of hydrogen-bond acceptors (Lipinski definition) is 3. The molecular weight excluding hydrogens is 324 g/mol. The van der Waals surface area contributed by atoms with Gasteiger partial charge in [-0.3, -0.25) is 9.78 Å². The monoisotopic (exact) mass is 344 g/mol. The molecule has 126 valence electrons. The number of pyridine rings is 1. The Labute approximate surface area is 148 Å². The van der Waals surface area contributed by atoms with Crippen LogP contribution in [0.1, 0.15) is 47.1 Å². The van der Waals surface area contributed by atoms with Crippen LogP contribution in [0.3, 0.4) is 0 Å². The predicted octanol–water partition coefficient (Wildman–Crippen LogP) is 3.59. The normalized spacial score (nSPS) is 18.4. The smallest absolute Gasteiger partial charge is 0.256 e. The van der Waals surface area contributed by atoms with E-state index in [9.17, 15) is 4.79 Å². The van der Waals surface area contributed by atoms with Crippen molar-refractivity contribution < 1.29 is 9.53 Å². The SMILES string of the molecule is CC(C)Oc1ccc2c(c1)CCN1C(=O)c3cccnc3CC21.Cl. The zero-order valence-electron chi connectivity index (χ0n) is 13.9. The molecule has 1 unspecified atom stereocenters. The van der Waals surface area contributed by atoms with Gasteiger partial charge in [-0.15, -0.1) is 12.4 Å². The first kappa shape index (κ1) is 16.8. The highest BCUT2D eigenvalue weighted by molar-refractivity contribution is 5.96. The van der Waals surface area contributed by atoms with Crippen molar-refractivity contribution in [3.05, 3.63) is 58.9 Å². The highest BCUT2D eigenvalue weighted by Crippen LogP contribution is 2.38. The molecule has 0 saturated carbocycles. The number of carbonyl (C=O) groups excluding carboxylic acids is 1. The maximum absolute atomic E-state index is 12.7. The largest absolute Gasteiger partial charge is 0.491 e. The molecule has 1 aromatic carbocycles. The molecule has 2 aromatic rings. The lowest BCUT2D eigenvalue weighted by Gasteiger charge is -2.40. The summed E-state index contributed by atoms with van der Waals surface area (Å²) in [5, 5.41) is 0. The van der Waals surface area contributed by atoms with E-state index < -0.39 is 0 Å². The summed E-state index contributed by atoms with van der Waals surface area (Å²) < 4.78 is 5.80. The molecule has 2 aliphatic heterocycles. The Morgan fingerprint density at radius 1 is 1.29 bits per heavy atom. The predicted molar refractivity (Wildman–Crippen MR) is 94.9 cm³/mol. The zero-order valence-corrected chi connectivity index (χ0v) is 14.7. The Balaban J connectivity index is 0.00000169. The number of ether oxygens (including phenoxy) is 1. The van der Waals surface area contributed by atoms with Crippen LogP contribution in [-0.2, 0) is 12.8 Å². The molecule has 3 heterocycles. The first-order valence-corrected chi connectivity index (χ1v) is 8.18. The molecule has 0 N–H and O–H groups in total. The summed E-state index contributed by atoms with van der Waals surface area (Å²) in [6, 6.07) is 10.1. The number of carbonyl (C=O) groups is 1. The van der Waals surface area contributed by atoms with E-state index in [-0.39, 0.29) is 30.5 Å². The van der Waals surface area contributed by atoms with Crippen LogP contribution in [0.15, 0.2) is 36.5 Å². The molecule has 5 heteroatoms. The van der Waals surface area contributed by atoms with Gasteiger partial charge in [0.2, 0.25) is 0 Å². The van der Waals surface area contributed by atoms with Gasteiger partial charge in [0.05, 0.1) is 23.4 Å². The zero-order chi connectivity index (χ0) is 16.0. The van der Waals surface area contributed by atoms with Crippen LogP contribution in [0.25, 0.3) is 0 Å². The summed E-state index contributed by atoms with van der Waals surface area (Å²) in [6.45, 7) is 4.82. The van der Waals surface area contributed by atoms with E-state index in [1.54, 1.807) is 6.20 Å². The lowest BCUT2D eigenvalue weighted by atomic mass is 9.85. The van der Waals surface area contributed by atoms with Crippen molar-refractivity contribution in [2.45, 2.75) is 38.8 Å². The minimum Gasteiger partial charge on any atom is -0.491 e. The van der Waals surface area contributed by atoms with Crippen LogP contribution < -0.4 is 4.74 Å². The summed E-state index contributed by atoms with van der Waals surface area (Å²) >= 11 is 0. The van der Waals surface area contributed by atoms with Gasteiger partial charge in [-0.25, -0.2) is 0 Å². The van der Waals surface area contributed by atoms with Crippen molar-refractivity contribution in [1.82, 2.24) is 9.88 Å². The number of fused-ring (bicyclic) bond motifs is 4. The van der Waals surface area contributed by atoms with Gasteiger partial charge >= 0.3 is 0 Å². The molecule has 0 aliphatic carbocycles. The Morgan fingerprint density at radius 2 is 2.12 bits per heavy atom. The number of aromatic nitrogens is 1. The number of halogens is 1. The maximum Gasteiger partial charge on any atom is 0.256 e. The van der Waals surface area contributed by atoms with Crippen LogP contribution in [0, 0.1) is 0 Å². The number of nitrogens with zero attached hydrogens (tertiary/aromatic N) is 2. The molecule has 0 radical (unpaired) electrons. The van der Waals surface area contributed by atoms with E-state index in [4.69, 9.17) is 4.74 Å². The molecule has 1 atom stereocenters. The van der Waals surface area contributed by atoms with Crippen LogP contribution in [0.4, 0.5) is 0 Å². The molecule has 0 spiro atoms. The second-order valence-corrected chi connectivity index (χ2v) is 6.49. The molecule has 4 nitrogen and oxygen atoms in total. The van der Waals surface area contributed by atoms with E-state index in [0.29, 0.717) is 0 Å². The molecular formula is C19H21ClN2O2. The summed E-state index contributed by atoms with van der Waals surface area (Å²) in [5.41, 5.74) is 4.19. The quantitative estimate of drug-likeness (QED) is 0.836. The highest BCUT2D eigenvalue weighted by atomic mass is 35.5. The van der Waals surface area contributed by atoms with E-state index >= 15 is 0 Å². The van der Waals surface area contributed by atoms with Crippen LogP contribution in [0.5, 0.6) is 5.75 Å². The molecule has 0 bridgehead atoms. The lowest BCUT2D eigenvalue weighted by molar-refractivity contribution is 0.0628. The van der Waals surface area contributed by atoms with Crippen molar-refractivity contribution in [1.29, 1.82) is 0 Å². The van der Waals surface area contributed by atoms with Gasteiger partial charge in [-0.05, 0) is 55.7 Å². The van der Waals surface area contributed by atoms with Gasteiger partial charge in [0.15, 0.2) is 0 Å². The Hall–Kier alpha value is -2.07. The minimum atomic E-state index is 0. The fourth-order valence-corrected chi connectivity index (χ4v) is 3.63. The molecule has 1 amide bonds. The highest BCUT2D eigenvalue weighted by Gasteiger charge is 2.37. The number of amides is 1. The van der Waals surface area contributed by atoms with Crippen molar-refractivity contribution in [3.63, 3.8) is 0 Å². The summed E-state index contributed by atoms with van der Waals surface area (Å²) in [7, 11) is 0. The lowest BCUT2D eigenvalue weighted by Crippen LogP contribution is -2.44. The van der Waals surface area contributed by atoms with Crippen LogP contribution >= 0.6 is 12.4 Å². The van der Waals surface area contributed by atoms with Crippen molar-refractivity contribution in [3.8, 4) is 5.75 Å². The van der Waals surface area contributed by atoms with Gasteiger partial charge in [0.25, 0.3) is 5.91 Å². The Morgan fingerprint density at radius 3 is 2.92 bits per heavy atom. The van der Waals surface area contributed by atoms with E-state index in [1.807, 2.05) is 36.9 Å². The fourth-order valence-electron chi connectivity index (χ4n) is 3.63. The fraction of sp³-hybridized carbons (Fsp3) is 0.368. The number of rotatable bonds is 2. The van der Waals surface area contributed by atoms with Gasteiger partial charge in [-0.1, -0.05) is 6.07 Å². The first-order chi connectivity index (χ1) is 11.1. The second-order valence-electron chi connectivity index (χ2n) is 6.49. The summed E-state index contributed by atoms with van der Waals surface area (Å²) in [6.07, 6.45) is 3.60. The van der Waals surface area contributed by atoms with Gasteiger partial charge in [0.1, 0.15) is 5.75 Å². The van der Waals surface area contributed by atoms with Gasteiger partial charge in [0, 0.05) is 19.2 Å². The summed E-state index contributed by atoms with van der Waals surface area (Å²) in [4.78, 5) is 19.1. The topological polar surface area (TPSA) is 42.4 Å². The second kappa shape index (κ2) is 6.44. The number of hydrogen-bond donors (Lipinski definition) is 0. The molecule has 4 rings (SSSR count). The van der Waals surface area contributed by atoms with Gasteiger partial charge in [-0.2, -0.15) is 0 Å². The van der Waals surface area contributed by atoms with E-state index in [0.717, 1.165) is 36.4 Å². The van der Waals surface area contributed by atoms with E-state index in [1.165, 1.54) is 11.1 Å². The third-order valence-electron chi connectivity index (χ3n) is 4.61. The van der Waals surface area contributed by atoms with Crippen LogP contribution in [0.2, 0.25) is 0 Å². The third kappa shape index (κ3) is 2.75. The molecule has 1 aromatic heterocycles. The average molecular weight is 345 g/mol. The Kier molecular flexibility index (Phi) is 4.50. The summed E-state index contributed by atoms with van der Waals surface area (Å²) in [5.74, 6) is 1.02. The van der Waals surface area contributed by atoms with Crippen molar-refractivity contribution >= 4 is 18.3 Å². The van der Waals surface area contributed by atoms with Crippen LogP contribution in [-0.4, -0.2) is 28.4 Å². The molecule has 0 fully saturated rings.